The van der Waals surface area contributed by atoms with Gasteiger partial charge in [0.1, 0.15) is 5.82 Å². The Balaban J connectivity index is 2.04. The zero-order chi connectivity index (χ0) is 11.5. The van der Waals surface area contributed by atoms with Gasteiger partial charge >= 0.3 is 0 Å². The van der Waals surface area contributed by atoms with Crippen molar-refractivity contribution in [1.29, 1.82) is 0 Å². The second-order valence-corrected chi connectivity index (χ2v) is 4.54. The lowest BCUT2D eigenvalue weighted by atomic mass is 10.0. The van der Waals surface area contributed by atoms with Crippen LogP contribution in [0.4, 0.5) is 10.1 Å². The van der Waals surface area contributed by atoms with Gasteiger partial charge < -0.3 is 10.1 Å². The maximum absolute atomic E-state index is 13.5. The quantitative estimate of drug-likeness (QED) is 0.850. The summed E-state index contributed by atoms with van der Waals surface area (Å²) < 4.78 is 18.9. The van der Waals surface area contributed by atoms with Gasteiger partial charge in [-0.3, -0.25) is 0 Å². The van der Waals surface area contributed by atoms with E-state index in [1.54, 1.807) is 6.07 Å². The molecular formula is C13H18FNO. The van der Waals surface area contributed by atoms with Crippen LogP contribution >= 0.6 is 0 Å². The lowest BCUT2D eigenvalue weighted by Gasteiger charge is -2.21. The van der Waals surface area contributed by atoms with Crippen molar-refractivity contribution >= 4 is 5.69 Å². The van der Waals surface area contributed by atoms with E-state index in [0.717, 1.165) is 25.2 Å². The standard InChI is InChI=1S/C13H18FNO/c1-9-3-4-12(14)13(7-9)15-10(2)11-5-6-16-8-11/h3-4,7,10-11,15H,5-6,8H2,1-2H3. The number of hydrogen-bond donors (Lipinski definition) is 1. The Morgan fingerprint density at radius 2 is 2.31 bits per heavy atom. The van der Waals surface area contributed by atoms with E-state index >= 15 is 0 Å². The molecule has 0 saturated carbocycles. The topological polar surface area (TPSA) is 21.3 Å². The predicted molar refractivity (Wildman–Crippen MR) is 63.1 cm³/mol. The molecule has 0 aromatic heterocycles. The summed E-state index contributed by atoms with van der Waals surface area (Å²) in [7, 11) is 0. The number of hydrogen-bond acceptors (Lipinski definition) is 2. The van der Waals surface area contributed by atoms with Crippen molar-refractivity contribution < 1.29 is 9.13 Å². The average Bonchev–Trinajstić information content (AvgIpc) is 2.76. The molecule has 1 aliphatic heterocycles. The molecular weight excluding hydrogens is 205 g/mol. The van der Waals surface area contributed by atoms with Gasteiger partial charge in [-0.05, 0) is 38.0 Å². The van der Waals surface area contributed by atoms with E-state index in [9.17, 15) is 4.39 Å². The Hall–Kier alpha value is -1.09. The van der Waals surface area contributed by atoms with Crippen molar-refractivity contribution in [2.24, 2.45) is 5.92 Å². The van der Waals surface area contributed by atoms with Gasteiger partial charge in [-0.2, -0.15) is 0 Å². The summed E-state index contributed by atoms with van der Waals surface area (Å²) in [5.41, 5.74) is 1.66. The summed E-state index contributed by atoms with van der Waals surface area (Å²) in [4.78, 5) is 0. The number of rotatable bonds is 3. The van der Waals surface area contributed by atoms with Crippen LogP contribution in [-0.4, -0.2) is 19.3 Å². The maximum atomic E-state index is 13.5. The summed E-state index contributed by atoms with van der Waals surface area (Å²) in [5.74, 6) is 0.302. The highest BCUT2D eigenvalue weighted by Gasteiger charge is 2.22. The van der Waals surface area contributed by atoms with Crippen molar-refractivity contribution in [2.75, 3.05) is 18.5 Å². The van der Waals surface area contributed by atoms with Crippen LogP contribution in [0.1, 0.15) is 18.9 Å². The van der Waals surface area contributed by atoms with E-state index < -0.39 is 0 Å². The van der Waals surface area contributed by atoms with Crippen LogP contribution in [0.5, 0.6) is 0 Å². The van der Waals surface area contributed by atoms with E-state index in [1.165, 1.54) is 6.07 Å². The van der Waals surface area contributed by atoms with Gasteiger partial charge in [0, 0.05) is 18.6 Å². The van der Waals surface area contributed by atoms with Crippen molar-refractivity contribution in [2.45, 2.75) is 26.3 Å². The molecule has 0 bridgehead atoms. The minimum Gasteiger partial charge on any atom is -0.381 e. The van der Waals surface area contributed by atoms with Crippen LogP contribution in [0, 0.1) is 18.7 Å². The van der Waals surface area contributed by atoms with Gasteiger partial charge in [0.25, 0.3) is 0 Å². The van der Waals surface area contributed by atoms with Crippen LogP contribution in [0.15, 0.2) is 18.2 Å². The number of nitrogens with one attached hydrogen (secondary N) is 1. The third-order valence-corrected chi connectivity index (χ3v) is 3.18. The Morgan fingerprint density at radius 1 is 1.50 bits per heavy atom. The molecule has 1 saturated heterocycles. The molecule has 16 heavy (non-hydrogen) atoms. The van der Waals surface area contributed by atoms with E-state index in [-0.39, 0.29) is 11.9 Å². The van der Waals surface area contributed by atoms with E-state index in [0.29, 0.717) is 11.6 Å². The number of ether oxygens (including phenoxy) is 1. The molecule has 3 heteroatoms. The van der Waals surface area contributed by atoms with Crippen LogP contribution in [0.25, 0.3) is 0 Å². The SMILES string of the molecule is Cc1ccc(F)c(NC(C)C2CCOC2)c1. The van der Waals surface area contributed by atoms with Crippen LogP contribution in [0.2, 0.25) is 0 Å². The number of benzene rings is 1. The molecule has 1 aromatic rings. The van der Waals surface area contributed by atoms with E-state index in [4.69, 9.17) is 4.74 Å². The minimum absolute atomic E-state index is 0.184. The molecule has 0 radical (unpaired) electrons. The molecule has 1 aliphatic rings. The van der Waals surface area contributed by atoms with Crippen LogP contribution in [0.3, 0.4) is 0 Å². The maximum Gasteiger partial charge on any atom is 0.146 e. The van der Waals surface area contributed by atoms with Gasteiger partial charge in [0.2, 0.25) is 0 Å². The zero-order valence-electron chi connectivity index (χ0n) is 9.79. The smallest absolute Gasteiger partial charge is 0.146 e. The van der Waals surface area contributed by atoms with Crippen molar-refractivity contribution in [3.8, 4) is 0 Å². The van der Waals surface area contributed by atoms with Crippen molar-refractivity contribution in [3.05, 3.63) is 29.6 Å². The molecule has 2 unspecified atom stereocenters. The fourth-order valence-corrected chi connectivity index (χ4v) is 2.06. The first-order chi connectivity index (χ1) is 7.66. The largest absolute Gasteiger partial charge is 0.381 e. The summed E-state index contributed by atoms with van der Waals surface area (Å²) in [5, 5.41) is 3.24. The number of anilines is 1. The molecule has 1 fully saturated rings. The van der Waals surface area contributed by atoms with Gasteiger partial charge in [0.15, 0.2) is 0 Å². The zero-order valence-corrected chi connectivity index (χ0v) is 9.79. The second kappa shape index (κ2) is 4.83. The van der Waals surface area contributed by atoms with E-state index in [2.05, 4.69) is 12.2 Å². The first-order valence-corrected chi connectivity index (χ1v) is 5.77. The molecule has 1 N–H and O–H groups in total. The van der Waals surface area contributed by atoms with Gasteiger partial charge in [0.05, 0.1) is 12.3 Å². The van der Waals surface area contributed by atoms with Crippen molar-refractivity contribution in [3.63, 3.8) is 0 Å². The number of halogens is 1. The lowest BCUT2D eigenvalue weighted by molar-refractivity contribution is 0.183. The summed E-state index contributed by atoms with van der Waals surface area (Å²) >= 11 is 0. The normalized spacial score (nSPS) is 22.1. The molecule has 88 valence electrons. The Bertz CT molecular complexity index is 361. The highest BCUT2D eigenvalue weighted by Crippen LogP contribution is 2.22. The highest BCUT2D eigenvalue weighted by atomic mass is 19.1. The Labute approximate surface area is 95.8 Å². The lowest BCUT2D eigenvalue weighted by Crippen LogP contribution is -2.26. The molecule has 0 amide bonds. The fourth-order valence-electron chi connectivity index (χ4n) is 2.06. The highest BCUT2D eigenvalue weighted by molar-refractivity contribution is 5.47. The molecule has 2 rings (SSSR count). The molecule has 1 heterocycles. The number of aryl methyl sites for hydroxylation is 1. The van der Waals surface area contributed by atoms with Crippen LogP contribution < -0.4 is 5.32 Å². The molecule has 2 atom stereocenters. The minimum atomic E-state index is -0.184. The molecule has 0 aliphatic carbocycles. The summed E-state index contributed by atoms with van der Waals surface area (Å²) in [6.45, 7) is 5.66. The first-order valence-electron chi connectivity index (χ1n) is 5.77. The summed E-state index contributed by atoms with van der Waals surface area (Å²) in [6.07, 6.45) is 1.06. The molecule has 0 spiro atoms. The van der Waals surface area contributed by atoms with E-state index in [1.807, 2.05) is 13.0 Å². The average molecular weight is 223 g/mol. The Kier molecular flexibility index (Phi) is 3.44. The summed E-state index contributed by atoms with van der Waals surface area (Å²) in [6, 6.07) is 5.39. The van der Waals surface area contributed by atoms with Crippen LogP contribution in [-0.2, 0) is 4.74 Å². The fraction of sp³-hybridized carbons (Fsp3) is 0.538. The monoisotopic (exact) mass is 223 g/mol. The van der Waals surface area contributed by atoms with Crippen molar-refractivity contribution in [1.82, 2.24) is 0 Å². The van der Waals surface area contributed by atoms with Gasteiger partial charge in [-0.25, -0.2) is 4.39 Å². The molecule has 2 nitrogen and oxygen atoms in total. The third kappa shape index (κ3) is 2.53. The first kappa shape index (κ1) is 11.4. The van der Waals surface area contributed by atoms with Gasteiger partial charge in [-0.1, -0.05) is 6.07 Å². The van der Waals surface area contributed by atoms with Gasteiger partial charge in [-0.15, -0.1) is 0 Å². The second-order valence-electron chi connectivity index (χ2n) is 4.54. The third-order valence-electron chi connectivity index (χ3n) is 3.18. The molecule has 1 aromatic carbocycles. The predicted octanol–water partition coefficient (Wildman–Crippen LogP) is 2.97. The Morgan fingerprint density at radius 3 is 3.00 bits per heavy atom.